The van der Waals surface area contributed by atoms with E-state index in [0.717, 1.165) is 41.3 Å². The maximum Gasteiger partial charge on any atom is 0.224 e. The van der Waals surface area contributed by atoms with Crippen LogP contribution in [0.15, 0.2) is 36.4 Å². The fraction of sp³-hybridized carbons (Fsp3) is 0.389. The standard InChI is InChI=1S/C18H22N2O2/c1-22-15-8-7-13-9-12(5-6-14(13)10-15)11-20-18(21)16-3-2-4-17(16)19/h5-10,16-17H,2-4,11,19H2,1H3,(H,20,21). The van der Waals surface area contributed by atoms with E-state index >= 15 is 0 Å². The summed E-state index contributed by atoms with van der Waals surface area (Å²) >= 11 is 0. The number of rotatable bonds is 4. The van der Waals surface area contributed by atoms with Gasteiger partial charge in [-0.3, -0.25) is 4.79 Å². The Kier molecular flexibility index (Phi) is 4.29. The van der Waals surface area contributed by atoms with Crippen LogP contribution < -0.4 is 15.8 Å². The van der Waals surface area contributed by atoms with Gasteiger partial charge in [0.05, 0.1) is 13.0 Å². The summed E-state index contributed by atoms with van der Waals surface area (Å²) in [7, 11) is 1.67. The number of methoxy groups -OCH3 is 1. The smallest absolute Gasteiger partial charge is 0.224 e. The molecule has 22 heavy (non-hydrogen) atoms. The van der Waals surface area contributed by atoms with Crippen molar-refractivity contribution in [3.8, 4) is 5.75 Å². The number of nitrogens with one attached hydrogen (secondary N) is 1. The van der Waals surface area contributed by atoms with Crippen molar-refractivity contribution in [1.82, 2.24) is 5.32 Å². The molecule has 4 nitrogen and oxygen atoms in total. The minimum atomic E-state index is -0.0234. The van der Waals surface area contributed by atoms with Gasteiger partial charge in [0.25, 0.3) is 0 Å². The first-order valence-corrected chi connectivity index (χ1v) is 7.77. The van der Waals surface area contributed by atoms with Crippen LogP contribution in [-0.2, 0) is 11.3 Å². The molecule has 0 aliphatic heterocycles. The Hall–Kier alpha value is -2.07. The van der Waals surface area contributed by atoms with Crippen molar-refractivity contribution >= 4 is 16.7 Å². The Morgan fingerprint density at radius 1 is 1.23 bits per heavy atom. The van der Waals surface area contributed by atoms with Crippen LogP contribution in [0.25, 0.3) is 10.8 Å². The minimum absolute atomic E-state index is 0.0177. The third-order valence-corrected chi connectivity index (χ3v) is 4.48. The molecule has 0 radical (unpaired) electrons. The number of nitrogens with two attached hydrogens (primary N) is 1. The molecule has 2 unspecified atom stereocenters. The first-order valence-electron chi connectivity index (χ1n) is 7.77. The van der Waals surface area contributed by atoms with Gasteiger partial charge in [0.2, 0.25) is 5.91 Å². The van der Waals surface area contributed by atoms with Crippen LogP contribution >= 0.6 is 0 Å². The van der Waals surface area contributed by atoms with E-state index in [1.807, 2.05) is 24.3 Å². The normalized spacial score (nSPS) is 21.0. The molecular weight excluding hydrogens is 276 g/mol. The summed E-state index contributed by atoms with van der Waals surface area (Å²) in [4.78, 5) is 12.2. The molecule has 4 heteroatoms. The third kappa shape index (κ3) is 3.07. The van der Waals surface area contributed by atoms with E-state index in [2.05, 4.69) is 17.4 Å². The molecule has 1 aliphatic rings. The lowest BCUT2D eigenvalue weighted by Gasteiger charge is -2.15. The third-order valence-electron chi connectivity index (χ3n) is 4.48. The molecule has 0 spiro atoms. The average Bonchev–Trinajstić information content (AvgIpc) is 2.98. The molecule has 116 valence electrons. The van der Waals surface area contributed by atoms with Crippen LogP contribution in [0, 0.1) is 5.92 Å². The van der Waals surface area contributed by atoms with Gasteiger partial charge in [-0.25, -0.2) is 0 Å². The highest BCUT2D eigenvalue weighted by molar-refractivity contribution is 5.85. The summed E-state index contributed by atoms with van der Waals surface area (Å²) in [6, 6.07) is 12.2. The molecule has 1 fully saturated rings. The molecule has 3 N–H and O–H groups in total. The largest absolute Gasteiger partial charge is 0.497 e. The van der Waals surface area contributed by atoms with Crippen molar-refractivity contribution < 1.29 is 9.53 Å². The summed E-state index contributed by atoms with van der Waals surface area (Å²) in [5.41, 5.74) is 7.07. The highest BCUT2D eigenvalue weighted by atomic mass is 16.5. The molecule has 0 bridgehead atoms. The predicted octanol–water partition coefficient (Wildman–Crippen LogP) is 2.59. The number of benzene rings is 2. The lowest BCUT2D eigenvalue weighted by Crippen LogP contribution is -2.38. The van der Waals surface area contributed by atoms with Gasteiger partial charge < -0.3 is 15.8 Å². The number of hydrogen-bond donors (Lipinski definition) is 2. The van der Waals surface area contributed by atoms with E-state index < -0.39 is 0 Å². The highest BCUT2D eigenvalue weighted by Gasteiger charge is 2.29. The zero-order valence-corrected chi connectivity index (χ0v) is 12.8. The fourth-order valence-corrected chi connectivity index (χ4v) is 3.14. The van der Waals surface area contributed by atoms with E-state index in [4.69, 9.17) is 10.5 Å². The molecular formula is C18H22N2O2. The number of ether oxygens (including phenoxy) is 1. The molecule has 1 amide bonds. The van der Waals surface area contributed by atoms with Crippen LogP contribution in [0.4, 0.5) is 0 Å². The van der Waals surface area contributed by atoms with Crippen LogP contribution in [0.2, 0.25) is 0 Å². The first kappa shape index (κ1) is 14.9. The summed E-state index contributed by atoms with van der Waals surface area (Å²) < 4.78 is 5.23. The van der Waals surface area contributed by atoms with Crippen LogP contribution in [-0.4, -0.2) is 19.1 Å². The summed E-state index contributed by atoms with van der Waals surface area (Å²) in [5.74, 6) is 0.910. The van der Waals surface area contributed by atoms with Crippen molar-refractivity contribution in [2.24, 2.45) is 11.7 Å². The predicted molar refractivity (Wildman–Crippen MR) is 87.7 cm³/mol. The van der Waals surface area contributed by atoms with Gasteiger partial charge in [-0.2, -0.15) is 0 Å². The second-order valence-electron chi connectivity index (χ2n) is 5.97. The van der Waals surface area contributed by atoms with Gasteiger partial charge in [0.1, 0.15) is 5.75 Å². The molecule has 0 saturated heterocycles. The van der Waals surface area contributed by atoms with Gasteiger partial charge in [-0.1, -0.05) is 24.6 Å². The zero-order valence-electron chi connectivity index (χ0n) is 12.8. The van der Waals surface area contributed by atoms with E-state index in [9.17, 15) is 4.79 Å². The molecule has 3 rings (SSSR count). The number of hydrogen-bond acceptors (Lipinski definition) is 3. The van der Waals surface area contributed by atoms with Crippen molar-refractivity contribution in [3.63, 3.8) is 0 Å². The van der Waals surface area contributed by atoms with Crippen molar-refractivity contribution in [2.45, 2.75) is 31.8 Å². The topological polar surface area (TPSA) is 64.3 Å². The summed E-state index contributed by atoms with van der Waals surface area (Å²) in [6.45, 7) is 0.546. The van der Waals surface area contributed by atoms with Gasteiger partial charge in [-0.05, 0) is 47.4 Å². The molecule has 0 heterocycles. The van der Waals surface area contributed by atoms with E-state index in [0.29, 0.717) is 6.54 Å². The Morgan fingerprint density at radius 2 is 2.00 bits per heavy atom. The van der Waals surface area contributed by atoms with Crippen LogP contribution in [0.1, 0.15) is 24.8 Å². The van der Waals surface area contributed by atoms with Crippen molar-refractivity contribution in [2.75, 3.05) is 7.11 Å². The number of fused-ring (bicyclic) bond motifs is 1. The number of carbonyl (C=O) groups excluding carboxylic acids is 1. The maximum absolute atomic E-state index is 12.2. The monoisotopic (exact) mass is 298 g/mol. The van der Waals surface area contributed by atoms with E-state index in [1.165, 1.54) is 0 Å². The van der Waals surface area contributed by atoms with E-state index in [-0.39, 0.29) is 17.9 Å². The lowest BCUT2D eigenvalue weighted by molar-refractivity contribution is -0.125. The van der Waals surface area contributed by atoms with Gasteiger partial charge in [0, 0.05) is 12.6 Å². The number of amides is 1. The van der Waals surface area contributed by atoms with Gasteiger partial charge >= 0.3 is 0 Å². The zero-order chi connectivity index (χ0) is 15.5. The Balaban J connectivity index is 1.67. The van der Waals surface area contributed by atoms with Crippen molar-refractivity contribution in [1.29, 1.82) is 0 Å². The Morgan fingerprint density at radius 3 is 2.73 bits per heavy atom. The molecule has 2 aromatic rings. The second kappa shape index (κ2) is 6.36. The number of carbonyl (C=O) groups is 1. The quantitative estimate of drug-likeness (QED) is 0.912. The maximum atomic E-state index is 12.2. The lowest BCUT2D eigenvalue weighted by atomic mass is 10.0. The average molecular weight is 298 g/mol. The molecule has 0 aromatic heterocycles. The first-order chi connectivity index (χ1) is 10.7. The summed E-state index contributed by atoms with van der Waals surface area (Å²) in [5, 5.41) is 5.29. The highest BCUT2D eigenvalue weighted by Crippen LogP contribution is 2.24. The molecule has 1 saturated carbocycles. The SMILES string of the molecule is COc1ccc2cc(CNC(=O)C3CCCC3N)ccc2c1. The van der Waals surface area contributed by atoms with Gasteiger partial charge in [0.15, 0.2) is 0 Å². The van der Waals surface area contributed by atoms with Gasteiger partial charge in [-0.15, -0.1) is 0 Å². The van der Waals surface area contributed by atoms with Crippen LogP contribution in [0.5, 0.6) is 5.75 Å². The Labute approximate surface area is 130 Å². The molecule has 2 aromatic carbocycles. The Bertz CT molecular complexity index is 684. The summed E-state index contributed by atoms with van der Waals surface area (Å²) in [6.07, 6.45) is 2.91. The van der Waals surface area contributed by atoms with E-state index in [1.54, 1.807) is 7.11 Å². The van der Waals surface area contributed by atoms with Crippen LogP contribution in [0.3, 0.4) is 0 Å². The second-order valence-corrected chi connectivity index (χ2v) is 5.97. The molecule has 2 atom stereocenters. The minimum Gasteiger partial charge on any atom is -0.497 e. The molecule has 1 aliphatic carbocycles. The van der Waals surface area contributed by atoms with Crippen molar-refractivity contribution in [3.05, 3.63) is 42.0 Å². The fourth-order valence-electron chi connectivity index (χ4n) is 3.14.